The number of nitrogens with zero attached hydrogens (tertiary/aromatic N) is 1. The van der Waals surface area contributed by atoms with Crippen LogP contribution in [0, 0.1) is 0 Å². The Balaban J connectivity index is 1.98. The highest BCUT2D eigenvalue weighted by molar-refractivity contribution is 9.11. The third kappa shape index (κ3) is 2.73. The molecular formula is C14H12BrNOS2. The van der Waals surface area contributed by atoms with Crippen molar-refractivity contribution in [2.24, 2.45) is 0 Å². The van der Waals surface area contributed by atoms with Crippen molar-refractivity contribution in [3.63, 3.8) is 0 Å². The molecule has 0 radical (unpaired) electrons. The van der Waals surface area contributed by atoms with Crippen molar-refractivity contribution in [2.75, 3.05) is 17.2 Å². The minimum absolute atomic E-state index is 0.102. The van der Waals surface area contributed by atoms with Gasteiger partial charge in [0, 0.05) is 11.4 Å². The number of halogens is 1. The van der Waals surface area contributed by atoms with Crippen LogP contribution in [0.3, 0.4) is 0 Å². The van der Waals surface area contributed by atoms with Crippen LogP contribution in [0.25, 0.3) is 0 Å². The molecule has 0 saturated heterocycles. The van der Waals surface area contributed by atoms with Crippen molar-refractivity contribution in [2.45, 2.75) is 11.3 Å². The summed E-state index contributed by atoms with van der Waals surface area (Å²) in [5.41, 5.74) is 1.04. The molecule has 0 bridgehead atoms. The largest absolute Gasteiger partial charge is 0.307 e. The molecule has 3 rings (SSSR count). The summed E-state index contributed by atoms with van der Waals surface area (Å²) in [7, 11) is 0. The highest BCUT2D eigenvalue weighted by atomic mass is 79.9. The van der Waals surface area contributed by atoms with Crippen LogP contribution in [0.1, 0.15) is 16.1 Å². The highest BCUT2D eigenvalue weighted by Gasteiger charge is 2.23. The van der Waals surface area contributed by atoms with Gasteiger partial charge in [0.05, 0.1) is 14.4 Å². The quantitative estimate of drug-likeness (QED) is 0.743. The zero-order valence-corrected chi connectivity index (χ0v) is 13.4. The van der Waals surface area contributed by atoms with E-state index < -0.39 is 0 Å². The second kappa shape index (κ2) is 5.69. The number of anilines is 1. The molecule has 2 aromatic rings. The Kier molecular flexibility index (Phi) is 3.96. The molecule has 1 aliphatic rings. The van der Waals surface area contributed by atoms with Gasteiger partial charge in [-0.05, 0) is 52.4 Å². The lowest BCUT2D eigenvalue weighted by molar-refractivity contribution is 0.0990. The minimum Gasteiger partial charge on any atom is -0.307 e. The number of benzene rings is 1. The van der Waals surface area contributed by atoms with E-state index >= 15 is 0 Å². The average Bonchev–Trinajstić information content (AvgIpc) is 2.74. The monoisotopic (exact) mass is 353 g/mol. The molecule has 0 spiro atoms. The molecule has 0 saturated carbocycles. The van der Waals surface area contributed by atoms with Gasteiger partial charge in [0.1, 0.15) is 0 Å². The number of carbonyl (C=O) groups excluding carboxylic acids is 1. The number of carbonyl (C=O) groups is 1. The molecule has 0 aliphatic carbocycles. The zero-order valence-electron chi connectivity index (χ0n) is 10.1. The number of amides is 1. The number of thioether (sulfide) groups is 1. The number of rotatable bonds is 1. The minimum atomic E-state index is 0.102. The van der Waals surface area contributed by atoms with Crippen molar-refractivity contribution in [1.82, 2.24) is 0 Å². The fourth-order valence-corrected chi connectivity index (χ4v) is 4.43. The zero-order chi connectivity index (χ0) is 13.2. The molecule has 1 amide bonds. The fraction of sp³-hybridized carbons (Fsp3) is 0.214. The van der Waals surface area contributed by atoms with Crippen molar-refractivity contribution in [3.8, 4) is 0 Å². The lowest BCUT2D eigenvalue weighted by atomic mass is 10.2. The van der Waals surface area contributed by atoms with Gasteiger partial charge in [-0.15, -0.1) is 23.1 Å². The Morgan fingerprint density at radius 2 is 2.05 bits per heavy atom. The van der Waals surface area contributed by atoms with E-state index in [-0.39, 0.29) is 5.91 Å². The van der Waals surface area contributed by atoms with Crippen LogP contribution in [-0.2, 0) is 0 Å². The molecule has 1 aromatic heterocycles. The van der Waals surface area contributed by atoms with Crippen LogP contribution in [0.5, 0.6) is 0 Å². The van der Waals surface area contributed by atoms with Crippen LogP contribution in [0.2, 0.25) is 0 Å². The third-order valence-electron chi connectivity index (χ3n) is 2.97. The molecule has 2 heterocycles. The number of thiophene rings is 1. The van der Waals surface area contributed by atoms with Gasteiger partial charge in [-0.1, -0.05) is 12.1 Å². The van der Waals surface area contributed by atoms with E-state index in [1.807, 2.05) is 47.0 Å². The summed E-state index contributed by atoms with van der Waals surface area (Å²) < 4.78 is 0.994. The van der Waals surface area contributed by atoms with Gasteiger partial charge in [-0.25, -0.2) is 0 Å². The molecule has 0 unspecified atom stereocenters. The van der Waals surface area contributed by atoms with Crippen molar-refractivity contribution < 1.29 is 4.79 Å². The summed E-state index contributed by atoms with van der Waals surface area (Å²) in [4.78, 5) is 16.5. The SMILES string of the molecule is O=C(c1ccc(Br)s1)N1CCCSc2ccccc21. The first-order valence-corrected chi connectivity index (χ1v) is 8.64. The molecule has 98 valence electrons. The van der Waals surface area contributed by atoms with Gasteiger partial charge in [-0.3, -0.25) is 4.79 Å². The molecule has 0 N–H and O–H groups in total. The number of hydrogen-bond donors (Lipinski definition) is 0. The Morgan fingerprint density at radius 3 is 2.84 bits per heavy atom. The average molecular weight is 354 g/mol. The van der Waals surface area contributed by atoms with E-state index in [1.54, 1.807) is 0 Å². The van der Waals surface area contributed by atoms with Crippen LogP contribution in [0.15, 0.2) is 45.1 Å². The van der Waals surface area contributed by atoms with Gasteiger partial charge in [0.2, 0.25) is 0 Å². The van der Waals surface area contributed by atoms with Gasteiger partial charge < -0.3 is 4.90 Å². The van der Waals surface area contributed by atoms with E-state index in [9.17, 15) is 4.79 Å². The Labute approximate surface area is 128 Å². The van der Waals surface area contributed by atoms with E-state index in [4.69, 9.17) is 0 Å². The fourth-order valence-electron chi connectivity index (χ4n) is 2.10. The predicted octanol–water partition coefficient (Wildman–Crippen LogP) is 4.65. The summed E-state index contributed by atoms with van der Waals surface area (Å²) in [6, 6.07) is 12.0. The smallest absolute Gasteiger partial charge is 0.268 e. The van der Waals surface area contributed by atoms with Crippen molar-refractivity contribution >= 4 is 50.6 Å². The Morgan fingerprint density at radius 1 is 1.21 bits per heavy atom. The molecule has 19 heavy (non-hydrogen) atoms. The second-order valence-electron chi connectivity index (χ2n) is 4.23. The van der Waals surface area contributed by atoms with Gasteiger partial charge in [-0.2, -0.15) is 0 Å². The summed E-state index contributed by atoms with van der Waals surface area (Å²) in [5, 5.41) is 0. The van der Waals surface area contributed by atoms with Crippen molar-refractivity contribution in [1.29, 1.82) is 0 Å². The maximum absolute atomic E-state index is 12.6. The topological polar surface area (TPSA) is 20.3 Å². The molecule has 1 aromatic carbocycles. The van der Waals surface area contributed by atoms with E-state index in [2.05, 4.69) is 22.0 Å². The third-order valence-corrected chi connectivity index (χ3v) is 5.73. The number of fused-ring (bicyclic) bond motifs is 1. The molecule has 0 atom stereocenters. The van der Waals surface area contributed by atoms with Crippen LogP contribution in [-0.4, -0.2) is 18.2 Å². The normalized spacial score (nSPS) is 14.9. The molecule has 0 fully saturated rings. The summed E-state index contributed by atoms with van der Waals surface area (Å²) in [6.45, 7) is 0.790. The van der Waals surface area contributed by atoms with Crippen LogP contribution in [0.4, 0.5) is 5.69 Å². The Hall–Kier alpha value is -0.780. The van der Waals surface area contributed by atoms with Crippen LogP contribution >= 0.6 is 39.0 Å². The van der Waals surface area contributed by atoms with E-state index in [0.717, 1.165) is 33.1 Å². The Bertz CT molecular complexity index is 611. The maximum atomic E-state index is 12.6. The van der Waals surface area contributed by atoms with Gasteiger partial charge >= 0.3 is 0 Å². The molecule has 1 aliphatic heterocycles. The summed E-state index contributed by atoms with van der Waals surface area (Å²) in [6.07, 6.45) is 1.03. The number of para-hydroxylation sites is 1. The van der Waals surface area contributed by atoms with Crippen molar-refractivity contribution in [3.05, 3.63) is 45.1 Å². The summed E-state index contributed by atoms with van der Waals surface area (Å²) >= 11 is 6.74. The molecule has 5 heteroatoms. The predicted molar refractivity (Wildman–Crippen MR) is 85.5 cm³/mol. The molecular weight excluding hydrogens is 342 g/mol. The second-order valence-corrected chi connectivity index (χ2v) is 7.83. The lowest BCUT2D eigenvalue weighted by Gasteiger charge is -2.21. The lowest BCUT2D eigenvalue weighted by Crippen LogP contribution is -2.31. The van der Waals surface area contributed by atoms with E-state index in [0.29, 0.717) is 0 Å². The van der Waals surface area contributed by atoms with Gasteiger partial charge in [0.25, 0.3) is 5.91 Å². The number of hydrogen-bond acceptors (Lipinski definition) is 3. The first kappa shape index (κ1) is 13.2. The first-order valence-electron chi connectivity index (χ1n) is 6.05. The molecule has 2 nitrogen and oxygen atoms in total. The summed E-state index contributed by atoms with van der Waals surface area (Å²) in [5.74, 6) is 1.17. The highest BCUT2D eigenvalue weighted by Crippen LogP contribution is 2.35. The maximum Gasteiger partial charge on any atom is 0.268 e. The van der Waals surface area contributed by atoms with Crippen LogP contribution < -0.4 is 4.90 Å². The first-order chi connectivity index (χ1) is 9.25. The van der Waals surface area contributed by atoms with E-state index in [1.165, 1.54) is 16.2 Å². The standard InChI is InChI=1S/C14H12BrNOS2/c15-13-7-6-12(19-13)14(17)16-8-3-9-18-11-5-2-1-4-10(11)16/h1-2,4-7H,3,8-9H2. The van der Waals surface area contributed by atoms with Gasteiger partial charge in [0.15, 0.2) is 0 Å².